The Morgan fingerprint density at radius 2 is 0.963 bits per heavy atom. The SMILES string of the molecule is O=C(P)c1ccc(-c2ccccc2)c(-c2ccccc2)c1-c1ccccc1. The summed E-state index contributed by atoms with van der Waals surface area (Å²) in [5.74, 6) is 0. The molecule has 0 saturated heterocycles. The molecular formula is C25H19OP. The maximum atomic E-state index is 12.4. The van der Waals surface area contributed by atoms with Crippen LogP contribution in [0.25, 0.3) is 33.4 Å². The van der Waals surface area contributed by atoms with E-state index in [1.807, 2.05) is 60.7 Å². The molecule has 0 spiro atoms. The Labute approximate surface area is 161 Å². The van der Waals surface area contributed by atoms with Crippen LogP contribution in [0.2, 0.25) is 0 Å². The average Bonchev–Trinajstić information content (AvgIpc) is 2.74. The topological polar surface area (TPSA) is 17.1 Å². The monoisotopic (exact) mass is 366 g/mol. The summed E-state index contributed by atoms with van der Waals surface area (Å²) in [5.41, 5.74) is 7.16. The van der Waals surface area contributed by atoms with Gasteiger partial charge in [-0.1, -0.05) is 106 Å². The Kier molecular flexibility index (Phi) is 4.96. The minimum Gasteiger partial charge on any atom is -0.290 e. The normalized spacial score (nSPS) is 10.6. The molecule has 0 N–H and O–H groups in total. The van der Waals surface area contributed by atoms with Crippen LogP contribution in [0.3, 0.4) is 0 Å². The molecule has 27 heavy (non-hydrogen) atoms. The molecule has 0 radical (unpaired) electrons. The molecule has 4 aromatic carbocycles. The number of carbonyl (C=O) groups excluding carboxylic acids is 1. The van der Waals surface area contributed by atoms with Crippen molar-refractivity contribution in [1.82, 2.24) is 0 Å². The van der Waals surface area contributed by atoms with Crippen molar-refractivity contribution in [2.75, 3.05) is 0 Å². The molecule has 1 unspecified atom stereocenters. The molecule has 2 heteroatoms. The van der Waals surface area contributed by atoms with Gasteiger partial charge in [0, 0.05) is 11.1 Å². The smallest absolute Gasteiger partial charge is 0.178 e. The minimum atomic E-state index is -0.00866. The highest BCUT2D eigenvalue weighted by atomic mass is 31.0. The van der Waals surface area contributed by atoms with E-state index in [4.69, 9.17) is 0 Å². The molecule has 0 aromatic heterocycles. The zero-order chi connectivity index (χ0) is 18.6. The van der Waals surface area contributed by atoms with Crippen molar-refractivity contribution in [3.05, 3.63) is 109 Å². The molecule has 0 aliphatic rings. The van der Waals surface area contributed by atoms with Gasteiger partial charge in [-0.05, 0) is 33.9 Å². The first kappa shape index (κ1) is 17.4. The molecular weight excluding hydrogens is 347 g/mol. The molecule has 0 bridgehead atoms. The molecule has 0 saturated carbocycles. The van der Waals surface area contributed by atoms with E-state index in [2.05, 4.69) is 51.7 Å². The van der Waals surface area contributed by atoms with Gasteiger partial charge in [-0.15, -0.1) is 0 Å². The molecule has 4 aromatic rings. The average molecular weight is 366 g/mol. The van der Waals surface area contributed by atoms with Crippen LogP contribution in [0.15, 0.2) is 103 Å². The lowest BCUT2D eigenvalue weighted by atomic mass is 9.85. The van der Waals surface area contributed by atoms with Crippen molar-refractivity contribution in [3.63, 3.8) is 0 Å². The third kappa shape index (κ3) is 3.47. The molecule has 1 atom stereocenters. The standard InChI is InChI=1S/C25H19OP/c26-25(27)22-17-16-21(18-10-4-1-5-11-18)23(19-12-6-2-7-13-19)24(22)20-14-8-3-9-15-20/h1-17H,27H2. The van der Waals surface area contributed by atoms with Crippen LogP contribution >= 0.6 is 9.24 Å². The fourth-order valence-electron chi connectivity index (χ4n) is 3.48. The van der Waals surface area contributed by atoms with Crippen molar-refractivity contribution >= 4 is 14.8 Å². The van der Waals surface area contributed by atoms with Crippen molar-refractivity contribution in [1.29, 1.82) is 0 Å². The zero-order valence-electron chi connectivity index (χ0n) is 14.8. The molecule has 0 aliphatic carbocycles. The van der Waals surface area contributed by atoms with Crippen LogP contribution in [-0.2, 0) is 0 Å². The van der Waals surface area contributed by atoms with Crippen LogP contribution in [-0.4, -0.2) is 5.52 Å². The van der Waals surface area contributed by atoms with Gasteiger partial charge < -0.3 is 0 Å². The van der Waals surface area contributed by atoms with E-state index in [0.29, 0.717) is 5.56 Å². The zero-order valence-corrected chi connectivity index (χ0v) is 16.0. The van der Waals surface area contributed by atoms with Crippen LogP contribution in [0.5, 0.6) is 0 Å². The van der Waals surface area contributed by atoms with Gasteiger partial charge in [-0.25, -0.2) is 0 Å². The second-order valence-corrected chi connectivity index (χ2v) is 6.90. The van der Waals surface area contributed by atoms with Crippen molar-refractivity contribution in [2.45, 2.75) is 0 Å². The highest BCUT2D eigenvalue weighted by Gasteiger charge is 2.19. The lowest BCUT2D eigenvalue weighted by molar-refractivity contribution is 0.108. The van der Waals surface area contributed by atoms with E-state index < -0.39 is 0 Å². The lowest BCUT2D eigenvalue weighted by Crippen LogP contribution is -1.99. The van der Waals surface area contributed by atoms with E-state index in [0.717, 1.165) is 33.4 Å². The summed E-state index contributed by atoms with van der Waals surface area (Å²) < 4.78 is 0. The number of hydrogen-bond donors (Lipinski definition) is 0. The summed E-state index contributed by atoms with van der Waals surface area (Å²) in [6.45, 7) is 0. The third-order valence-electron chi connectivity index (χ3n) is 4.68. The molecule has 130 valence electrons. The van der Waals surface area contributed by atoms with Gasteiger partial charge in [0.2, 0.25) is 0 Å². The van der Waals surface area contributed by atoms with Gasteiger partial charge >= 0.3 is 0 Å². The quantitative estimate of drug-likeness (QED) is 0.367. The number of hydrogen-bond acceptors (Lipinski definition) is 1. The Balaban J connectivity index is 2.13. The lowest BCUT2D eigenvalue weighted by Gasteiger charge is -2.19. The Morgan fingerprint density at radius 1 is 0.519 bits per heavy atom. The predicted molar refractivity (Wildman–Crippen MR) is 117 cm³/mol. The van der Waals surface area contributed by atoms with Gasteiger partial charge in [0.25, 0.3) is 0 Å². The second kappa shape index (κ2) is 7.70. The van der Waals surface area contributed by atoms with Crippen LogP contribution in [0.4, 0.5) is 0 Å². The summed E-state index contributed by atoms with van der Waals surface area (Å²) >= 11 is 0. The summed E-state index contributed by atoms with van der Waals surface area (Å²) in [6, 6.07) is 34.7. The largest absolute Gasteiger partial charge is 0.290 e. The summed E-state index contributed by atoms with van der Waals surface area (Å²) in [4.78, 5) is 12.4. The van der Waals surface area contributed by atoms with Gasteiger partial charge in [0.15, 0.2) is 5.52 Å². The van der Waals surface area contributed by atoms with Gasteiger partial charge in [0.05, 0.1) is 0 Å². The molecule has 0 fully saturated rings. The van der Waals surface area contributed by atoms with E-state index in [1.54, 1.807) is 0 Å². The Hall–Kier alpha value is -3.02. The first-order chi connectivity index (χ1) is 13.3. The van der Waals surface area contributed by atoms with Gasteiger partial charge in [-0.2, -0.15) is 0 Å². The van der Waals surface area contributed by atoms with Gasteiger partial charge in [0.1, 0.15) is 0 Å². The molecule has 0 heterocycles. The van der Waals surface area contributed by atoms with E-state index in [-0.39, 0.29) is 5.52 Å². The Bertz CT molecular complexity index is 1070. The molecule has 0 amide bonds. The molecule has 1 nitrogen and oxygen atoms in total. The summed E-state index contributed by atoms with van der Waals surface area (Å²) in [6.07, 6.45) is 0. The number of carbonyl (C=O) groups is 1. The maximum absolute atomic E-state index is 12.4. The van der Waals surface area contributed by atoms with Crippen LogP contribution in [0, 0.1) is 0 Å². The third-order valence-corrected chi connectivity index (χ3v) is 4.99. The minimum absolute atomic E-state index is 0.00866. The fourth-order valence-corrected chi connectivity index (χ4v) is 3.72. The van der Waals surface area contributed by atoms with E-state index >= 15 is 0 Å². The van der Waals surface area contributed by atoms with Crippen molar-refractivity contribution < 1.29 is 4.79 Å². The van der Waals surface area contributed by atoms with Crippen molar-refractivity contribution in [3.8, 4) is 33.4 Å². The van der Waals surface area contributed by atoms with E-state index in [1.165, 1.54) is 0 Å². The first-order valence-corrected chi connectivity index (χ1v) is 9.46. The van der Waals surface area contributed by atoms with Crippen LogP contribution in [0.1, 0.15) is 10.4 Å². The molecule has 4 rings (SSSR count). The maximum Gasteiger partial charge on any atom is 0.178 e. The summed E-state index contributed by atoms with van der Waals surface area (Å²) in [7, 11) is 2.32. The Morgan fingerprint density at radius 3 is 1.44 bits per heavy atom. The highest BCUT2D eigenvalue weighted by molar-refractivity contribution is 7.41. The van der Waals surface area contributed by atoms with Crippen LogP contribution < -0.4 is 0 Å². The predicted octanol–water partition coefficient (Wildman–Crippen LogP) is 6.70. The van der Waals surface area contributed by atoms with Gasteiger partial charge in [-0.3, -0.25) is 4.79 Å². The number of rotatable bonds is 4. The van der Waals surface area contributed by atoms with Crippen molar-refractivity contribution in [2.24, 2.45) is 0 Å². The summed E-state index contributed by atoms with van der Waals surface area (Å²) in [5, 5.41) is 0. The highest BCUT2D eigenvalue weighted by Crippen LogP contribution is 2.42. The number of benzene rings is 4. The fraction of sp³-hybridized carbons (Fsp3) is 0. The first-order valence-electron chi connectivity index (χ1n) is 8.89. The molecule has 0 aliphatic heterocycles. The van der Waals surface area contributed by atoms with E-state index in [9.17, 15) is 4.79 Å². The second-order valence-electron chi connectivity index (χ2n) is 6.37.